The number of carbonyl (C=O) groups is 1. The second-order valence-corrected chi connectivity index (χ2v) is 8.58. The van der Waals surface area contributed by atoms with Crippen molar-refractivity contribution in [3.8, 4) is 27.7 Å². The molecule has 1 amide bonds. The molecule has 5 rings (SSSR count). The Hall–Kier alpha value is -4.04. The largest absolute Gasteiger partial charge is 0.483 e. The van der Waals surface area contributed by atoms with Crippen LogP contribution in [0.5, 0.6) is 5.75 Å². The number of ether oxygens (including phenoxy) is 1. The highest BCUT2D eigenvalue weighted by atomic mass is 32.1. The lowest BCUT2D eigenvalue weighted by Crippen LogP contribution is -2.20. The van der Waals surface area contributed by atoms with E-state index in [1.54, 1.807) is 15.9 Å². The highest BCUT2D eigenvalue weighted by Crippen LogP contribution is 2.26. The van der Waals surface area contributed by atoms with E-state index in [1.165, 1.54) is 0 Å². The minimum Gasteiger partial charge on any atom is -0.483 e. The Bertz CT molecular complexity index is 1420. The maximum atomic E-state index is 12.5. The Kier molecular flexibility index (Phi) is 5.58. The van der Waals surface area contributed by atoms with E-state index in [4.69, 9.17) is 9.84 Å². The number of thiophene rings is 1. The lowest BCUT2D eigenvalue weighted by Gasteiger charge is -2.12. The molecule has 3 aromatic heterocycles. The molecule has 8 heteroatoms. The minimum atomic E-state index is -0.225. The summed E-state index contributed by atoms with van der Waals surface area (Å²) in [6.07, 6.45) is 0. The molecule has 0 bridgehead atoms. The van der Waals surface area contributed by atoms with Crippen LogP contribution in [-0.4, -0.2) is 32.3 Å². The zero-order chi connectivity index (χ0) is 22.8. The molecule has 33 heavy (non-hydrogen) atoms. The molecule has 7 nitrogen and oxygen atoms in total. The van der Waals surface area contributed by atoms with E-state index in [9.17, 15) is 4.79 Å². The van der Waals surface area contributed by atoms with Crippen molar-refractivity contribution in [1.29, 1.82) is 0 Å². The van der Waals surface area contributed by atoms with Gasteiger partial charge in [0.1, 0.15) is 5.75 Å². The molecule has 164 valence electrons. The van der Waals surface area contributed by atoms with Gasteiger partial charge < -0.3 is 10.1 Å². The summed E-state index contributed by atoms with van der Waals surface area (Å²) >= 11 is 1.59. The molecule has 0 aliphatic heterocycles. The van der Waals surface area contributed by atoms with Crippen LogP contribution in [0.15, 0.2) is 72.1 Å². The van der Waals surface area contributed by atoms with Gasteiger partial charge >= 0.3 is 0 Å². The first-order valence-corrected chi connectivity index (χ1v) is 11.3. The van der Waals surface area contributed by atoms with Crippen molar-refractivity contribution >= 4 is 28.6 Å². The fraction of sp³-hybridized carbons (Fsp3) is 0.120. The molecule has 0 saturated heterocycles. The SMILES string of the molecule is Cc1cccc(C)c1OCC(=O)Nc1cccc(-c2ccc3nnc(-c4cccs4)n3n2)c1. The molecule has 0 aliphatic rings. The number of hydrogen-bond donors (Lipinski definition) is 1. The summed E-state index contributed by atoms with van der Waals surface area (Å²) < 4.78 is 7.50. The number of amides is 1. The van der Waals surface area contributed by atoms with E-state index >= 15 is 0 Å². The molecule has 3 heterocycles. The Morgan fingerprint density at radius 2 is 1.82 bits per heavy atom. The average Bonchev–Trinajstić information content (AvgIpc) is 3.48. The van der Waals surface area contributed by atoms with Crippen molar-refractivity contribution in [2.45, 2.75) is 13.8 Å². The number of rotatable bonds is 6. The Morgan fingerprint density at radius 1 is 1.00 bits per heavy atom. The smallest absolute Gasteiger partial charge is 0.262 e. The van der Waals surface area contributed by atoms with E-state index in [2.05, 4.69) is 15.5 Å². The molecule has 0 unspecified atom stereocenters. The number of aryl methyl sites for hydroxylation is 2. The Labute approximate surface area is 194 Å². The Balaban J connectivity index is 1.34. The second-order valence-electron chi connectivity index (χ2n) is 7.63. The van der Waals surface area contributed by atoms with Gasteiger partial charge in [-0.1, -0.05) is 36.4 Å². The van der Waals surface area contributed by atoms with Crippen molar-refractivity contribution in [3.05, 3.63) is 83.2 Å². The summed E-state index contributed by atoms with van der Waals surface area (Å²) in [4.78, 5) is 13.5. The number of anilines is 1. The second kappa shape index (κ2) is 8.84. The minimum absolute atomic E-state index is 0.0645. The lowest BCUT2D eigenvalue weighted by molar-refractivity contribution is -0.118. The quantitative estimate of drug-likeness (QED) is 0.383. The van der Waals surface area contributed by atoms with Crippen molar-refractivity contribution in [2.75, 3.05) is 11.9 Å². The number of nitrogens with zero attached hydrogens (tertiary/aromatic N) is 4. The number of para-hydroxylation sites is 1. The predicted octanol–water partition coefficient (Wildman–Crippen LogP) is 5.15. The number of hydrogen-bond acceptors (Lipinski definition) is 6. The number of nitrogens with one attached hydrogen (secondary N) is 1. The maximum Gasteiger partial charge on any atom is 0.262 e. The zero-order valence-electron chi connectivity index (χ0n) is 18.1. The van der Waals surface area contributed by atoms with Crippen LogP contribution in [0.25, 0.3) is 27.6 Å². The maximum absolute atomic E-state index is 12.5. The van der Waals surface area contributed by atoms with Crippen LogP contribution in [0.1, 0.15) is 11.1 Å². The third-order valence-corrected chi connectivity index (χ3v) is 6.07. The van der Waals surface area contributed by atoms with Crippen LogP contribution >= 0.6 is 11.3 Å². The number of fused-ring (bicyclic) bond motifs is 1. The molecule has 2 aromatic carbocycles. The lowest BCUT2D eigenvalue weighted by atomic mass is 10.1. The van der Waals surface area contributed by atoms with E-state index in [1.807, 2.05) is 86.0 Å². The predicted molar refractivity (Wildman–Crippen MR) is 130 cm³/mol. The molecule has 0 aliphatic carbocycles. The highest BCUT2D eigenvalue weighted by Gasteiger charge is 2.12. The van der Waals surface area contributed by atoms with E-state index in [-0.39, 0.29) is 12.5 Å². The van der Waals surface area contributed by atoms with Crippen molar-refractivity contribution in [3.63, 3.8) is 0 Å². The van der Waals surface area contributed by atoms with Crippen molar-refractivity contribution in [2.24, 2.45) is 0 Å². The molecule has 1 N–H and O–H groups in total. The molecule has 0 spiro atoms. The van der Waals surface area contributed by atoms with E-state index in [0.717, 1.165) is 33.0 Å². The van der Waals surface area contributed by atoms with Gasteiger partial charge in [0.2, 0.25) is 0 Å². The van der Waals surface area contributed by atoms with Crippen LogP contribution in [0.3, 0.4) is 0 Å². The van der Waals surface area contributed by atoms with Crippen LogP contribution in [0, 0.1) is 13.8 Å². The van der Waals surface area contributed by atoms with Gasteiger partial charge in [0.25, 0.3) is 5.91 Å². The number of aromatic nitrogens is 4. The first-order chi connectivity index (χ1) is 16.1. The molecule has 0 fully saturated rings. The van der Waals surface area contributed by atoms with Crippen LogP contribution in [-0.2, 0) is 4.79 Å². The fourth-order valence-corrected chi connectivity index (χ4v) is 4.31. The van der Waals surface area contributed by atoms with Gasteiger partial charge in [-0.15, -0.1) is 21.5 Å². The van der Waals surface area contributed by atoms with Gasteiger partial charge in [-0.25, -0.2) is 0 Å². The molecule has 0 saturated carbocycles. The van der Waals surface area contributed by atoms with E-state index in [0.29, 0.717) is 17.2 Å². The van der Waals surface area contributed by atoms with Gasteiger partial charge in [-0.3, -0.25) is 4.79 Å². The third-order valence-electron chi connectivity index (χ3n) is 5.20. The molecular formula is C25H21N5O2S. The first-order valence-electron chi connectivity index (χ1n) is 10.4. The summed E-state index contributed by atoms with van der Waals surface area (Å²) in [7, 11) is 0. The fourth-order valence-electron chi connectivity index (χ4n) is 3.62. The molecule has 0 radical (unpaired) electrons. The van der Waals surface area contributed by atoms with Gasteiger partial charge in [0, 0.05) is 11.3 Å². The van der Waals surface area contributed by atoms with Gasteiger partial charge in [0.15, 0.2) is 18.1 Å². The number of benzene rings is 2. The highest BCUT2D eigenvalue weighted by molar-refractivity contribution is 7.13. The normalized spacial score (nSPS) is 11.0. The number of carbonyl (C=O) groups excluding carboxylic acids is 1. The first kappa shape index (κ1) is 20.8. The van der Waals surface area contributed by atoms with Crippen LogP contribution in [0.2, 0.25) is 0 Å². The average molecular weight is 456 g/mol. The molecule has 5 aromatic rings. The van der Waals surface area contributed by atoms with E-state index < -0.39 is 0 Å². The monoisotopic (exact) mass is 455 g/mol. The van der Waals surface area contributed by atoms with Crippen LogP contribution in [0.4, 0.5) is 5.69 Å². The third kappa shape index (κ3) is 4.33. The van der Waals surface area contributed by atoms with Crippen LogP contribution < -0.4 is 10.1 Å². The van der Waals surface area contributed by atoms with Gasteiger partial charge in [-0.2, -0.15) is 9.61 Å². The summed E-state index contributed by atoms with van der Waals surface area (Å²) in [5.74, 6) is 1.22. The van der Waals surface area contributed by atoms with Gasteiger partial charge in [0.05, 0.1) is 10.6 Å². The summed E-state index contributed by atoms with van der Waals surface area (Å²) in [5.41, 5.74) is 4.98. The molecular weight excluding hydrogens is 434 g/mol. The van der Waals surface area contributed by atoms with Crippen molar-refractivity contribution in [1.82, 2.24) is 19.8 Å². The summed E-state index contributed by atoms with van der Waals surface area (Å²) in [5, 5.41) is 18.1. The Morgan fingerprint density at radius 3 is 2.61 bits per heavy atom. The van der Waals surface area contributed by atoms with Crippen molar-refractivity contribution < 1.29 is 9.53 Å². The molecule has 0 atom stereocenters. The zero-order valence-corrected chi connectivity index (χ0v) is 19.0. The standard InChI is InChI=1S/C25H21N5O2S/c1-16-6-3-7-17(2)24(16)32-15-23(31)26-19-9-4-8-18(14-19)20-11-12-22-27-28-25(30(22)29-20)21-10-5-13-33-21/h3-14H,15H2,1-2H3,(H,26,31). The topological polar surface area (TPSA) is 81.4 Å². The van der Waals surface area contributed by atoms with Gasteiger partial charge in [-0.05, 0) is 60.7 Å². The summed E-state index contributed by atoms with van der Waals surface area (Å²) in [6, 6.07) is 21.2. The summed E-state index contributed by atoms with van der Waals surface area (Å²) in [6.45, 7) is 3.87.